The first-order valence-corrected chi connectivity index (χ1v) is 9.55. The van der Waals surface area contributed by atoms with Crippen LogP contribution >= 0.6 is 11.3 Å². The summed E-state index contributed by atoms with van der Waals surface area (Å²) in [6.07, 6.45) is 2.61. The molecule has 1 N–H and O–H groups in total. The lowest BCUT2D eigenvalue weighted by atomic mass is 10.1. The van der Waals surface area contributed by atoms with Gasteiger partial charge < -0.3 is 9.47 Å². The normalized spacial score (nSPS) is 10.7. The van der Waals surface area contributed by atoms with Crippen molar-refractivity contribution in [2.24, 2.45) is 0 Å². The molecule has 0 bridgehead atoms. The lowest BCUT2D eigenvalue weighted by Crippen LogP contribution is -2.01. The first kappa shape index (κ1) is 17.3. The quantitative estimate of drug-likeness (QED) is 0.477. The van der Waals surface area contributed by atoms with Crippen LogP contribution in [-0.2, 0) is 6.42 Å². The van der Waals surface area contributed by atoms with E-state index in [4.69, 9.17) is 9.47 Å². The van der Waals surface area contributed by atoms with Gasteiger partial charge in [-0.1, -0.05) is 0 Å². The van der Waals surface area contributed by atoms with Crippen molar-refractivity contribution in [3.63, 3.8) is 0 Å². The maximum absolute atomic E-state index is 5.90. The van der Waals surface area contributed by atoms with Crippen molar-refractivity contribution < 1.29 is 9.47 Å². The number of aromatic amines is 1. The Morgan fingerprint density at radius 3 is 2.26 bits per heavy atom. The van der Waals surface area contributed by atoms with Gasteiger partial charge in [-0.15, -0.1) is 11.3 Å². The fourth-order valence-electron chi connectivity index (χ4n) is 2.69. The van der Waals surface area contributed by atoms with E-state index in [0.717, 1.165) is 40.6 Å². The highest BCUT2D eigenvalue weighted by Crippen LogP contribution is 2.26. The Labute approximate surface area is 161 Å². The van der Waals surface area contributed by atoms with Gasteiger partial charge in [-0.25, -0.2) is 4.98 Å². The first-order chi connectivity index (χ1) is 13.3. The van der Waals surface area contributed by atoms with Crippen molar-refractivity contribution in [2.75, 3.05) is 6.61 Å². The summed E-state index contributed by atoms with van der Waals surface area (Å²) >= 11 is 1.67. The van der Waals surface area contributed by atoms with Gasteiger partial charge in [0.05, 0.1) is 23.5 Å². The molecule has 2 aromatic carbocycles. The van der Waals surface area contributed by atoms with Gasteiger partial charge in [-0.3, -0.25) is 5.10 Å². The molecule has 0 spiro atoms. The lowest BCUT2D eigenvalue weighted by molar-refractivity contribution is 0.322. The third-order valence-electron chi connectivity index (χ3n) is 4.17. The number of hydrogen-bond donors (Lipinski definition) is 1. The average molecular weight is 377 g/mol. The van der Waals surface area contributed by atoms with E-state index in [9.17, 15) is 0 Å². The highest BCUT2D eigenvalue weighted by atomic mass is 32.1. The largest absolute Gasteiger partial charge is 0.493 e. The van der Waals surface area contributed by atoms with Crippen LogP contribution in [0.3, 0.4) is 0 Å². The Morgan fingerprint density at radius 2 is 1.63 bits per heavy atom. The molecular formula is C21H19N3O2S. The van der Waals surface area contributed by atoms with Crippen LogP contribution in [0.4, 0.5) is 0 Å². The molecule has 0 fully saturated rings. The minimum atomic E-state index is 0.637. The van der Waals surface area contributed by atoms with Crippen LogP contribution in [0.1, 0.15) is 10.6 Å². The second kappa shape index (κ2) is 8.05. The van der Waals surface area contributed by atoms with Crippen molar-refractivity contribution in [1.82, 2.24) is 15.2 Å². The number of rotatable bonds is 7. The van der Waals surface area contributed by atoms with Crippen molar-refractivity contribution in [1.29, 1.82) is 0 Å². The molecule has 27 heavy (non-hydrogen) atoms. The second-order valence-corrected chi connectivity index (χ2v) is 6.97. The molecule has 136 valence electrons. The molecule has 0 atom stereocenters. The van der Waals surface area contributed by atoms with Gasteiger partial charge in [0.25, 0.3) is 0 Å². The van der Waals surface area contributed by atoms with Crippen molar-refractivity contribution in [3.8, 4) is 28.5 Å². The molecule has 0 aliphatic heterocycles. The first-order valence-electron chi connectivity index (χ1n) is 8.67. The summed E-state index contributed by atoms with van der Waals surface area (Å²) in [6.45, 7) is 2.66. The maximum atomic E-state index is 5.90. The minimum Gasteiger partial charge on any atom is -0.493 e. The predicted octanol–water partition coefficient (Wildman–Crippen LogP) is 5.26. The summed E-state index contributed by atoms with van der Waals surface area (Å²) in [6, 6.07) is 17.5. The average Bonchev–Trinajstić information content (AvgIpc) is 3.36. The molecule has 0 saturated carbocycles. The zero-order valence-electron chi connectivity index (χ0n) is 14.9. The second-order valence-electron chi connectivity index (χ2n) is 6.03. The molecule has 0 radical (unpaired) electrons. The standard InChI is InChI=1S/C21H19N3O2S/c1-15-21(27-14-22-15)11-13-25-17-6-8-19(9-7-17)26-18-4-2-16(3-5-18)20-10-12-23-24-20/h2-10,12,14H,11,13H2,1H3,(H,23,24). The van der Waals surface area contributed by atoms with Crippen LogP contribution in [-0.4, -0.2) is 21.8 Å². The van der Waals surface area contributed by atoms with Crippen LogP contribution in [0.2, 0.25) is 0 Å². The van der Waals surface area contributed by atoms with Crippen molar-refractivity contribution >= 4 is 11.3 Å². The van der Waals surface area contributed by atoms with Gasteiger partial charge in [0.15, 0.2) is 0 Å². The maximum Gasteiger partial charge on any atom is 0.127 e. The van der Waals surface area contributed by atoms with E-state index in [2.05, 4.69) is 15.2 Å². The third kappa shape index (κ3) is 4.35. The summed E-state index contributed by atoms with van der Waals surface area (Å²) in [5.74, 6) is 2.39. The molecule has 2 heterocycles. The minimum absolute atomic E-state index is 0.637. The Morgan fingerprint density at radius 1 is 0.926 bits per heavy atom. The molecule has 5 nitrogen and oxygen atoms in total. The molecule has 0 amide bonds. The number of hydrogen-bond acceptors (Lipinski definition) is 5. The van der Waals surface area contributed by atoms with E-state index < -0.39 is 0 Å². The van der Waals surface area contributed by atoms with Gasteiger partial charge in [-0.2, -0.15) is 5.10 Å². The number of aromatic nitrogens is 3. The van der Waals surface area contributed by atoms with E-state index in [1.165, 1.54) is 4.88 Å². The third-order valence-corrected chi connectivity index (χ3v) is 5.16. The lowest BCUT2D eigenvalue weighted by Gasteiger charge is -2.09. The van der Waals surface area contributed by atoms with Crippen molar-refractivity contribution in [2.45, 2.75) is 13.3 Å². The number of nitrogens with zero attached hydrogens (tertiary/aromatic N) is 2. The molecular weight excluding hydrogens is 358 g/mol. The summed E-state index contributed by atoms with van der Waals surface area (Å²) < 4.78 is 11.7. The molecule has 4 aromatic rings. The van der Waals surface area contributed by atoms with Gasteiger partial charge in [0.2, 0.25) is 0 Å². The molecule has 4 rings (SSSR count). The van der Waals surface area contributed by atoms with E-state index in [0.29, 0.717) is 6.61 Å². The Balaban J connectivity index is 1.31. The van der Waals surface area contributed by atoms with Crippen LogP contribution in [0.15, 0.2) is 66.3 Å². The van der Waals surface area contributed by atoms with Gasteiger partial charge in [0.1, 0.15) is 17.2 Å². The summed E-state index contributed by atoms with van der Waals surface area (Å²) in [7, 11) is 0. The topological polar surface area (TPSA) is 60.0 Å². The monoisotopic (exact) mass is 377 g/mol. The molecule has 0 saturated heterocycles. The summed E-state index contributed by atoms with van der Waals surface area (Å²) in [4.78, 5) is 5.53. The Hall–Kier alpha value is -3.12. The number of H-pyrrole nitrogens is 1. The number of benzene rings is 2. The molecule has 0 aliphatic rings. The Bertz CT molecular complexity index is 977. The SMILES string of the molecule is Cc1ncsc1CCOc1ccc(Oc2ccc(-c3ccn[nH]3)cc2)cc1. The van der Waals surface area contributed by atoms with Crippen LogP contribution in [0.25, 0.3) is 11.3 Å². The van der Waals surface area contributed by atoms with E-state index in [1.54, 1.807) is 17.5 Å². The van der Waals surface area contributed by atoms with Crippen LogP contribution < -0.4 is 9.47 Å². The molecule has 2 aromatic heterocycles. The number of thiazole rings is 1. The van der Waals surface area contributed by atoms with E-state index in [1.807, 2.05) is 67.0 Å². The fourth-order valence-corrected chi connectivity index (χ4v) is 3.45. The summed E-state index contributed by atoms with van der Waals surface area (Å²) in [5.41, 5.74) is 5.01. The zero-order chi connectivity index (χ0) is 18.5. The number of aryl methyl sites for hydroxylation is 1. The van der Waals surface area contributed by atoms with Gasteiger partial charge in [-0.05, 0) is 67.1 Å². The summed E-state index contributed by atoms with van der Waals surface area (Å²) in [5, 5.41) is 6.92. The highest BCUT2D eigenvalue weighted by Gasteiger charge is 2.04. The predicted molar refractivity (Wildman–Crippen MR) is 107 cm³/mol. The van der Waals surface area contributed by atoms with Gasteiger partial charge >= 0.3 is 0 Å². The van der Waals surface area contributed by atoms with E-state index >= 15 is 0 Å². The molecule has 0 aliphatic carbocycles. The number of ether oxygens (including phenoxy) is 2. The molecule has 6 heteroatoms. The zero-order valence-corrected chi connectivity index (χ0v) is 15.7. The molecule has 0 unspecified atom stereocenters. The van der Waals surface area contributed by atoms with E-state index in [-0.39, 0.29) is 0 Å². The Kier molecular flexibility index (Phi) is 5.16. The smallest absolute Gasteiger partial charge is 0.127 e. The van der Waals surface area contributed by atoms with Crippen LogP contribution in [0, 0.1) is 6.92 Å². The fraction of sp³-hybridized carbons (Fsp3) is 0.143. The van der Waals surface area contributed by atoms with Crippen molar-refractivity contribution in [3.05, 3.63) is 76.9 Å². The van der Waals surface area contributed by atoms with Gasteiger partial charge in [0, 0.05) is 17.5 Å². The van der Waals surface area contributed by atoms with Crippen LogP contribution in [0.5, 0.6) is 17.2 Å². The number of nitrogens with one attached hydrogen (secondary N) is 1. The highest BCUT2D eigenvalue weighted by molar-refractivity contribution is 7.09.